The van der Waals surface area contributed by atoms with E-state index in [0.717, 1.165) is 15.7 Å². The largest absolute Gasteiger partial charge is 0.368 e. The lowest BCUT2D eigenvalue weighted by molar-refractivity contribution is -0.116. The summed E-state index contributed by atoms with van der Waals surface area (Å²) in [6, 6.07) is 5.78. The number of primary amides is 1. The van der Waals surface area contributed by atoms with Gasteiger partial charge in [-0.1, -0.05) is 6.07 Å². The minimum Gasteiger partial charge on any atom is -0.368 e. The van der Waals surface area contributed by atoms with Gasteiger partial charge < -0.3 is 16.4 Å². The van der Waals surface area contributed by atoms with E-state index in [9.17, 15) is 4.79 Å². The van der Waals surface area contributed by atoms with Gasteiger partial charge in [0.15, 0.2) is 0 Å². The van der Waals surface area contributed by atoms with E-state index in [1.54, 1.807) is 4.90 Å². The van der Waals surface area contributed by atoms with Gasteiger partial charge in [-0.3, -0.25) is 4.79 Å². The van der Waals surface area contributed by atoms with Crippen molar-refractivity contribution >= 4 is 27.5 Å². The van der Waals surface area contributed by atoms with Gasteiger partial charge in [-0.15, -0.1) is 0 Å². The molecule has 0 aliphatic rings. The molecule has 0 saturated heterocycles. The van der Waals surface area contributed by atoms with Crippen molar-refractivity contribution in [2.45, 2.75) is 6.54 Å². The highest BCUT2D eigenvalue weighted by atomic mass is 79.9. The molecule has 0 heterocycles. The summed E-state index contributed by atoms with van der Waals surface area (Å²) >= 11 is 3.43. The average molecular weight is 272 g/mol. The Kier molecular flexibility index (Phi) is 4.11. The summed E-state index contributed by atoms with van der Waals surface area (Å²) in [6.45, 7) is 0.693. The molecule has 1 rings (SSSR count). The van der Waals surface area contributed by atoms with Crippen molar-refractivity contribution in [1.82, 2.24) is 0 Å². The Morgan fingerprint density at radius 1 is 1.53 bits per heavy atom. The van der Waals surface area contributed by atoms with Crippen LogP contribution >= 0.6 is 15.9 Å². The van der Waals surface area contributed by atoms with Gasteiger partial charge in [0.05, 0.1) is 12.2 Å². The van der Waals surface area contributed by atoms with Crippen LogP contribution in [0.4, 0.5) is 5.69 Å². The zero-order valence-corrected chi connectivity index (χ0v) is 10.1. The molecule has 0 unspecified atom stereocenters. The van der Waals surface area contributed by atoms with Gasteiger partial charge in [0.25, 0.3) is 0 Å². The highest BCUT2D eigenvalue weighted by Crippen LogP contribution is 2.26. The van der Waals surface area contributed by atoms with E-state index in [2.05, 4.69) is 15.9 Å². The summed E-state index contributed by atoms with van der Waals surface area (Å²) in [5, 5.41) is 0. The predicted molar refractivity (Wildman–Crippen MR) is 64.5 cm³/mol. The molecular weight excluding hydrogens is 258 g/mol. The van der Waals surface area contributed by atoms with Crippen LogP contribution in [0, 0.1) is 0 Å². The maximum Gasteiger partial charge on any atom is 0.236 e. The lowest BCUT2D eigenvalue weighted by atomic mass is 10.2. The number of carbonyl (C=O) groups excluding carboxylic acids is 1. The second kappa shape index (κ2) is 5.14. The number of rotatable bonds is 4. The fraction of sp³-hybridized carbons (Fsp3) is 0.300. The number of benzene rings is 1. The molecule has 0 aromatic heterocycles. The lowest BCUT2D eigenvalue weighted by Crippen LogP contribution is -2.30. The summed E-state index contributed by atoms with van der Waals surface area (Å²) < 4.78 is 0.911. The molecular formula is C10H14BrN3O. The Hall–Kier alpha value is -1.07. The third-order valence-corrected chi connectivity index (χ3v) is 2.69. The first-order valence-corrected chi connectivity index (χ1v) is 5.32. The molecule has 1 aromatic rings. The molecule has 82 valence electrons. The van der Waals surface area contributed by atoms with Crippen molar-refractivity contribution in [3.63, 3.8) is 0 Å². The normalized spacial score (nSPS) is 10.1. The van der Waals surface area contributed by atoms with E-state index >= 15 is 0 Å². The van der Waals surface area contributed by atoms with Crippen LogP contribution in [-0.2, 0) is 11.3 Å². The Morgan fingerprint density at radius 3 is 2.67 bits per heavy atom. The molecule has 1 aromatic carbocycles. The van der Waals surface area contributed by atoms with E-state index in [-0.39, 0.29) is 12.5 Å². The summed E-state index contributed by atoms with van der Waals surface area (Å²) in [6.07, 6.45) is 0. The molecule has 0 spiro atoms. The molecule has 0 aliphatic heterocycles. The molecule has 0 bridgehead atoms. The number of hydrogen-bond acceptors (Lipinski definition) is 3. The van der Waals surface area contributed by atoms with Crippen LogP contribution < -0.4 is 16.4 Å². The van der Waals surface area contributed by atoms with Crippen molar-refractivity contribution in [2.24, 2.45) is 11.5 Å². The summed E-state index contributed by atoms with van der Waals surface area (Å²) in [4.78, 5) is 12.5. The van der Waals surface area contributed by atoms with E-state index in [4.69, 9.17) is 11.5 Å². The van der Waals surface area contributed by atoms with Crippen LogP contribution in [0.2, 0.25) is 0 Å². The summed E-state index contributed by atoms with van der Waals surface area (Å²) in [7, 11) is 1.81. The number of nitrogens with two attached hydrogens (primary N) is 2. The first-order valence-electron chi connectivity index (χ1n) is 4.52. The number of amides is 1. The molecule has 0 saturated carbocycles. The number of likely N-dealkylation sites (N-methyl/N-ethyl adjacent to an activating group) is 1. The molecule has 0 fully saturated rings. The van der Waals surface area contributed by atoms with Crippen LogP contribution in [0.3, 0.4) is 0 Å². The number of anilines is 1. The van der Waals surface area contributed by atoms with E-state index < -0.39 is 0 Å². The standard InChI is InChI=1S/C10H14BrN3O/c1-14(6-10(13)15)9-3-2-7(5-12)4-8(9)11/h2-4H,5-6,12H2,1H3,(H2,13,15). The zero-order chi connectivity index (χ0) is 11.4. The number of halogens is 1. The SMILES string of the molecule is CN(CC(N)=O)c1ccc(CN)cc1Br. The third-order valence-electron chi connectivity index (χ3n) is 2.05. The summed E-state index contributed by atoms with van der Waals surface area (Å²) in [5.74, 6) is -0.354. The predicted octanol–water partition coefficient (Wildman–Crippen LogP) is 0.829. The van der Waals surface area contributed by atoms with Gasteiger partial charge >= 0.3 is 0 Å². The van der Waals surface area contributed by atoms with Crippen molar-refractivity contribution in [3.05, 3.63) is 28.2 Å². The fourth-order valence-electron chi connectivity index (χ4n) is 1.31. The first-order chi connectivity index (χ1) is 7.04. The van der Waals surface area contributed by atoms with Crippen molar-refractivity contribution in [2.75, 3.05) is 18.5 Å². The Morgan fingerprint density at radius 2 is 2.20 bits per heavy atom. The van der Waals surface area contributed by atoms with Gasteiger partial charge in [0.1, 0.15) is 0 Å². The van der Waals surface area contributed by atoms with Crippen LogP contribution in [0.25, 0.3) is 0 Å². The zero-order valence-electron chi connectivity index (χ0n) is 8.53. The topological polar surface area (TPSA) is 72.3 Å². The highest BCUT2D eigenvalue weighted by molar-refractivity contribution is 9.10. The number of carbonyl (C=O) groups is 1. The number of nitrogens with zero attached hydrogens (tertiary/aromatic N) is 1. The van der Waals surface area contributed by atoms with Gasteiger partial charge in [-0.25, -0.2) is 0 Å². The van der Waals surface area contributed by atoms with Gasteiger partial charge in [0, 0.05) is 18.1 Å². The maximum atomic E-state index is 10.8. The Labute approximate surface area is 97.4 Å². The Bertz CT molecular complexity index is 368. The van der Waals surface area contributed by atoms with Crippen LogP contribution in [0.1, 0.15) is 5.56 Å². The maximum absolute atomic E-state index is 10.8. The quantitative estimate of drug-likeness (QED) is 0.852. The van der Waals surface area contributed by atoms with E-state index in [1.165, 1.54) is 0 Å². The van der Waals surface area contributed by atoms with Crippen LogP contribution in [0.15, 0.2) is 22.7 Å². The van der Waals surface area contributed by atoms with Gasteiger partial charge in [-0.05, 0) is 33.6 Å². The molecule has 0 radical (unpaired) electrons. The molecule has 15 heavy (non-hydrogen) atoms. The van der Waals surface area contributed by atoms with E-state index in [1.807, 2.05) is 25.2 Å². The smallest absolute Gasteiger partial charge is 0.236 e. The molecule has 5 heteroatoms. The lowest BCUT2D eigenvalue weighted by Gasteiger charge is -2.19. The minimum absolute atomic E-state index is 0.195. The molecule has 4 N–H and O–H groups in total. The molecule has 1 amide bonds. The van der Waals surface area contributed by atoms with Crippen molar-refractivity contribution in [1.29, 1.82) is 0 Å². The summed E-state index contributed by atoms with van der Waals surface area (Å²) in [5.41, 5.74) is 12.6. The minimum atomic E-state index is -0.354. The second-order valence-corrected chi connectivity index (χ2v) is 4.17. The van der Waals surface area contributed by atoms with Crippen molar-refractivity contribution < 1.29 is 4.79 Å². The third kappa shape index (κ3) is 3.21. The highest BCUT2D eigenvalue weighted by Gasteiger charge is 2.08. The van der Waals surface area contributed by atoms with Gasteiger partial charge in [-0.2, -0.15) is 0 Å². The van der Waals surface area contributed by atoms with E-state index in [0.29, 0.717) is 6.54 Å². The van der Waals surface area contributed by atoms with Crippen molar-refractivity contribution in [3.8, 4) is 0 Å². The van der Waals surface area contributed by atoms with Crippen LogP contribution in [0.5, 0.6) is 0 Å². The Balaban J connectivity index is 2.90. The molecule has 0 atom stereocenters. The molecule has 4 nitrogen and oxygen atoms in total. The second-order valence-electron chi connectivity index (χ2n) is 3.31. The average Bonchev–Trinajstić information content (AvgIpc) is 2.16. The number of hydrogen-bond donors (Lipinski definition) is 2. The van der Waals surface area contributed by atoms with Crippen LogP contribution in [-0.4, -0.2) is 19.5 Å². The molecule has 0 aliphatic carbocycles. The monoisotopic (exact) mass is 271 g/mol. The fourth-order valence-corrected chi connectivity index (χ4v) is 2.03. The first kappa shape index (κ1) is 12.0. The van der Waals surface area contributed by atoms with Gasteiger partial charge in [0.2, 0.25) is 5.91 Å².